The minimum atomic E-state index is -0.850. The van der Waals surface area contributed by atoms with Crippen LogP contribution < -0.4 is 15.4 Å². The predicted molar refractivity (Wildman–Crippen MR) is 122 cm³/mol. The van der Waals surface area contributed by atoms with Crippen LogP contribution in [0.2, 0.25) is 0 Å². The van der Waals surface area contributed by atoms with Gasteiger partial charge in [-0.1, -0.05) is 30.3 Å². The lowest BCUT2D eigenvalue weighted by Crippen LogP contribution is -2.60. The molecular formula is C23H25N3O5S. The highest BCUT2D eigenvalue weighted by Crippen LogP contribution is 2.13. The number of rotatable bonds is 7. The minimum absolute atomic E-state index is 0.0859. The number of hydrogen-bond donors (Lipinski definition) is 2. The Kier molecular flexibility index (Phi) is 8.15. The van der Waals surface area contributed by atoms with E-state index in [2.05, 4.69) is 10.6 Å². The molecule has 0 spiro atoms. The highest BCUT2D eigenvalue weighted by Gasteiger charge is 2.34. The molecule has 3 rings (SSSR count). The van der Waals surface area contributed by atoms with E-state index in [0.29, 0.717) is 30.8 Å². The molecule has 2 amide bonds. The van der Waals surface area contributed by atoms with Gasteiger partial charge in [-0.3, -0.25) is 19.7 Å². The van der Waals surface area contributed by atoms with Crippen molar-refractivity contribution in [2.75, 3.05) is 26.8 Å². The quantitative estimate of drug-likeness (QED) is 0.484. The monoisotopic (exact) mass is 455 g/mol. The number of esters is 1. The van der Waals surface area contributed by atoms with E-state index in [-0.39, 0.29) is 24.0 Å². The average Bonchev–Trinajstić information content (AvgIpc) is 2.81. The Labute approximate surface area is 191 Å². The van der Waals surface area contributed by atoms with Crippen molar-refractivity contribution >= 4 is 35.1 Å². The first-order valence-corrected chi connectivity index (χ1v) is 10.6. The van der Waals surface area contributed by atoms with Gasteiger partial charge >= 0.3 is 5.97 Å². The number of methoxy groups -OCH3 is 1. The molecule has 2 aromatic rings. The summed E-state index contributed by atoms with van der Waals surface area (Å²) in [6, 6.07) is 15.4. The molecule has 1 atom stereocenters. The maximum Gasteiger partial charge on any atom is 0.308 e. The first-order chi connectivity index (χ1) is 15.5. The largest absolute Gasteiger partial charge is 0.497 e. The second-order valence-corrected chi connectivity index (χ2v) is 7.53. The van der Waals surface area contributed by atoms with Crippen LogP contribution in [0.4, 0.5) is 0 Å². The number of carbonyl (C=O) groups excluding carboxylic acids is 3. The Balaban J connectivity index is 1.56. The summed E-state index contributed by atoms with van der Waals surface area (Å²) in [4.78, 5) is 38.8. The normalized spacial score (nSPS) is 15.5. The molecule has 0 aromatic heterocycles. The van der Waals surface area contributed by atoms with Crippen molar-refractivity contribution in [1.82, 2.24) is 15.5 Å². The van der Waals surface area contributed by atoms with E-state index in [1.165, 1.54) is 0 Å². The molecule has 1 unspecified atom stereocenters. The number of benzene rings is 2. The number of carbonyl (C=O) groups is 3. The molecule has 0 aliphatic carbocycles. The number of piperazine rings is 1. The number of amides is 2. The second-order valence-electron chi connectivity index (χ2n) is 7.15. The van der Waals surface area contributed by atoms with Crippen molar-refractivity contribution in [3.05, 3.63) is 65.7 Å². The van der Waals surface area contributed by atoms with Crippen LogP contribution in [0.25, 0.3) is 0 Å². The summed E-state index contributed by atoms with van der Waals surface area (Å²) in [5, 5.41) is 5.45. The molecule has 9 heteroatoms. The third kappa shape index (κ3) is 6.27. The first kappa shape index (κ1) is 23.2. The Bertz CT molecular complexity index is 965. The molecule has 2 aromatic carbocycles. The van der Waals surface area contributed by atoms with Crippen molar-refractivity contribution in [2.24, 2.45) is 0 Å². The van der Waals surface area contributed by atoms with E-state index in [1.54, 1.807) is 36.3 Å². The van der Waals surface area contributed by atoms with Crippen molar-refractivity contribution in [1.29, 1.82) is 0 Å². The predicted octanol–water partition coefficient (Wildman–Crippen LogP) is 1.69. The maximum absolute atomic E-state index is 12.5. The summed E-state index contributed by atoms with van der Waals surface area (Å²) in [6.45, 7) is 0.947. The van der Waals surface area contributed by atoms with Crippen LogP contribution in [0, 0.1) is 0 Å². The topological polar surface area (TPSA) is 97.0 Å². The van der Waals surface area contributed by atoms with E-state index < -0.39 is 17.9 Å². The Hall–Kier alpha value is -3.46. The van der Waals surface area contributed by atoms with Gasteiger partial charge < -0.3 is 19.7 Å². The Morgan fingerprint density at radius 2 is 1.88 bits per heavy atom. The number of ether oxygens (including phenoxy) is 2. The van der Waals surface area contributed by atoms with Gasteiger partial charge in [0, 0.05) is 25.1 Å². The SMILES string of the molecule is COc1ccc(C(=O)NC(=S)N2CCNC(=O)C2CC(=O)OCCc2ccccc2)cc1. The molecule has 1 fully saturated rings. The number of hydrogen-bond acceptors (Lipinski definition) is 6. The van der Waals surface area contributed by atoms with Crippen molar-refractivity contribution in [3.63, 3.8) is 0 Å². The van der Waals surface area contributed by atoms with Crippen molar-refractivity contribution < 1.29 is 23.9 Å². The van der Waals surface area contributed by atoms with E-state index in [0.717, 1.165) is 5.56 Å². The molecule has 0 saturated carbocycles. The Morgan fingerprint density at radius 1 is 1.16 bits per heavy atom. The first-order valence-electron chi connectivity index (χ1n) is 10.2. The highest BCUT2D eigenvalue weighted by molar-refractivity contribution is 7.80. The number of nitrogens with zero attached hydrogens (tertiary/aromatic N) is 1. The third-order valence-electron chi connectivity index (χ3n) is 5.02. The van der Waals surface area contributed by atoms with Crippen LogP contribution in [-0.2, 0) is 20.7 Å². The summed E-state index contributed by atoms with van der Waals surface area (Å²) in [7, 11) is 1.54. The lowest BCUT2D eigenvalue weighted by atomic mass is 10.1. The van der Waals surface area contributed by atoms with E-state index in [4.69, 9.17) is 21.7 Å². The van der Waals surface area contributed by atoms with Gasteiger partial charge in [0.15, 0.2) is 5.11 Å². The van der Waals surface area contributed by atoms with Gasteiger partial charge in [0.1, 0.15) is 11.8 Å². The third-order valence-corrected chi connectivity index (χ3v) is 5.36. The van der Waals surface area contributed by atoms with Crippen molar-refractivity contribution in [3.8, 4) is 5.75 Å². The lowest BCUT2D eigenvalue weighted by molar-refractivity contribution is -0.147. The zero-order valence-electron chi connectivity index (χ0n) is 17.7. The van der Waals surface area contributed by atoms with Crippen LogP contribution in [0.1, 0.15) is 22.3 Å². The van der Waals surface area contributed by atoms with Gasteiger partial charge in [0.2, 0.25) is 5.91 Å². The summed E-state index contributed by atoms with van der Waals surface area (Å²) in [5.41, 5.74) is 1.45. The van der Waals surface area contributed by atoms with Crippen molar-refractivity contribution in [2.45, 2.75) is 18.9 Å². The maximum atomic E-state index is 12.5. The molecule has 1 aliphatic rings. The van der Waals surface area contributed by atoms with Crippen LogP contribution in [0.5, 0.6) is 5.75 Å². The van der Waals surface area contributed by atoms with E-state index in [1.807, 2.05) is 30.3 Å². The molecule has 0 radical (unpaired) electrons. The van der Waals surface area contributed by atoms with E-state index >= 15 is 0 Å². The Morgan fingerprint density at radius 3 is 2.56 bits per heavy atom. The minimum Gasteiger partial charge on any atom is -0.497 e. The fraction of sp³-hybridized carbons (Fsp3) is 0.304. The summed E-state index contributed by atoms with van der Waals surface area (Å²) in [5.74, 6) is -0.620. The lowest BCUT2D eigenvalue weighted by Gasteiger charge is -2.36. The molecule has 2 N–H and O–H groups in total. The second kappa shape index (κ2) is 11.2. The fourth-order valence-corrected chi connectivity index (χ4v) is 3.60. The van der Waals surface area contributed by atoms with Gasteiger partial charge in [-0.05, 0) is 42.0 Å². The number of thiocarbonyl (C=S) groups is 1. The molecule has 1 saturated heterocycles. The van der Waals surface area contributed by atoms with Gasteiger partial charge in [-0.25, -0.2) is 0 Å². The molecular weight excluding hydrogens is 430 g/mol. The molecule has 32 heavy (non-hydrogen) atoms. The smallest absolute Gasteiger partial charge is 0.308 e. The summed E-state index contributed by atoms with van der Waals surface area (Å²) < 4.78 is 10.4. The molecule has 8 nitrogen and oxygen atoms in total. The molecule has 1 heterocycles. The highest BCUT2D eigenvalue weighted by atomic mass is 32.1. The van der Waals surface area contributed by atoms with Gasteiger partial charge in [-0.2, -0.15) is 0 Å². The van der Waals surface area contributed by atoms with Crippen LogP contribution in [0.3, 0.4) is 0 Å². The number of nitrogens with one attached hydrogen (secondary N) is 2. The molecule has 168 valence electrons. The van der Waals surface area contributed by atoms with Gasteiger partial charge in [0.05, 0.1) is 20.1 Å². The molecule has 0 bridgehead atoms. The zero-order valence-corrected chi connectivity index (χ0v) is 18.5. The van der Waals surface area contributed by atoms with Gasteiger partial charge in [-0.15, -0.1) is 0 Å². The standard InChI is InChI=1S/C23H25N3O5S/c1-30-18-9-7-17(8-10-18)21(28)25-23(32)26-13-12-24-22(29)19(26)15-20(27)31-14-11-16-5-3-2-4-6-16/h2-10,19H,11-15H2,1H3,(H,24,29)(H,25,28,32). The average molecular weight is 456 g/mol. The fourth-order valence-electron chi connectivity index (χ4n) is 3.29. The van der Waals surface area contributed by atoms with Crippen LogP contribution in [-0.4, -0.2) is 60.6 Å². The summed E-state index contributed by atoms with van der Waals surface area (Å²) in [6.07, 6.45) is 0.419. The van der Waals surface area contributed by atoms with Gasteiger partial charge in [0.25, 0.3) is 5.91 Å². The van der Waals surface area contributed by atoms with E-state index in [9.17, 15) is 14.4 Å². The molecule has 1 aliphatic heterocycles. The van der Waals surface area contributed by atoms with Crippen LogP contribution in [0.15, 0.2) is 54.6 Å². The van der Waals surface area contributed by atoms with Crippen LogP contribution >= 0.6 is 12.2 Å². The zero-order chi connectivity index (χ0) is 22.9. The summed E-state index contributed by atoms with van der Waals surface area (Å²) >= 11 is 5.37.